The van der Waals surface area contributed by atoms with Crippen LogP contribution >= 0.6 is 11.6 Å². The number of anilines is 1. The van der Waals surface area contributed by atoms with Crippen LogP contribution < -0.4 is 5.32 Å². The Hall–Kier alpha value is -1.62. The lowest BCUT2D eigenvalue weighted by Crippen LogP contribution is -2.05. The summed E-state index contributed by atoms with van der Waals surface area (Å²) in [6.45, 7) is 1.92. The van der Waals surface area contributed by atoms with Gasteiger partial charge in [-0.05, 0) is 6.92 Å². The summed E-state index contributed by atoms with van der Waals surface area (Å²) in [5.74, 6) is 1.28. The van der Waals surface area contributed by atoms with Gasteiger partial charge in [0.1, 0.15) is 0 Å². The van der Waals surface area contributed by atoms with Crippen LogP contribution in [0.25, 0.3) is 5.82 Å². The number of halogens is 1. The zero-order chi connectivity index (χ0) is 10.8. The number of aromatic nitrogens is 4. The summed E-state index contributed by atoms with van der Waals surface area (Å²) < 4.78 is 1.63. The molecular formula is C9H10ClN5. The Morgan fingerprint density at radius 1 is 1.40 bits per heavy atom. The number of aryl methyl sites for hydroxylation is 1. The van der Waals surface area contributed by atoms with Crippen molar-refractivity contribution in [3.63, 3.8) is 0 Å². The molecule has 1 N–H and O–H groups in total. The third-order valence-corrected chi connectivity index (χ3v) is 2.13. The van der Waals surface area contributed by atoms with E-state index in [9.17, 15) is 0 Å². The van der Waals surface area contributed by atoms with E-state index in [0.29, 0.717) is 11.0 Å². The van der Waals surface area contributed by atoms with Crippen LogP contribution in [0.4, 0.5) is 5.95 Å². The van der Waals surface area contributed by atoms with Crippen LogP contribution in [0.2, 0.25) is 5.02 Å². The third-order valence-electron chi connectivity index (χ3n) is 1.94. The van der Waals surface area contributed by atoms with Crippen LogP contribution in [0.5, 0.6) is 0 Å². The normalized spacial score (nSPS) is 10.3. The first kappa shape index (κ1) is 9.92. The minimum Gasteiger partial charge on any atom is -0.357 e. The van der Waals surface area contributed by atoms with Gasteiger partial charge in [0.25, 0.3) is 0 Å². The van der Waals surface area contributed by atoms with E-state index in [1.807, 2.05) is 6.92 Å². The molecule has 2 aromatic heterocycles. The second-order valence-electron chi connectivity index (χ2n) is 3.05. The number of hydrogen-bond donors (Lipinski definition) is 1. The summed E-state index contributed by atoms with van der Waals surface area (Å²) in [4.78, 5) is 8.39. The van der Waals surface area contributed by atoms with Gasteiger partial charge in [-0.25, -0.2) is 9.67 Å². The molecule has 78 valence electrons. The smallest absolute Gasteiger partial charge is 0.224 e. The summed E-state index contributed by atoms with van der Waals surface area (Å²) in [6, 6.07) is 0. The second kappa shape index (κ2) is 3.86. The molecule has 2 aromatic rings. The summed E-state index contributed by atoms with van der Waals surface area (Å²) in [5, 5.41) is 7.55. The molecule has 5 nitrogen and oxygen atoms in total. The van der Waals surface area contributed by atoms with Crippen LogP contribution in [0.3, 0.4) is 0 Å². The second-order valence-corrected chi connectivity index (χ2v) is 3.49. The van der Waals surface area contributed by atoms with E-state index in [4.69, 9.17) is 11.6 Å². The largest absolute Gasteiger partial charge is 0.357 e. The average Bonchev–Trinajstić information content (AvgIpc) is 2.65. The molecule has 0 saturated carbocycles. The molecule has 0 saturated heterocycles. The molecular weight excluding hydrogens is 214 g/mol. The molecule has 0 aliphatic rings. The highest BCUT2D eigenvalue weighted by Gasteiger charge is 2.06. The van der Waals surface area contributed by atoms with E-state index in [1.54, 1.807) is 30.3 Å². The van der Waals surface area contributed by atoms with Crippen molar-refractivity contribution in [1.29, 1.82) is 0 Å². The van der Waals surface area contributed by atoms with Gasteiger partial charge in [0.15, 0.2) is 5.82 Å². The van der Waals surface area contributed by atoms with Crippen LogP contribution in [-0.4, -0.2) is 26.8 Å². The van der Waals surface area contributed by atoms with Crippen LogP contribution in [0, 0.1) is 6.92 Å². The standard InChI is InChI=1S/C9H10ClN5/c1-6-3-12-9(11-2)14-8(6)15-5-7(10)4-13-15/h3-5H,1-2H3,(H,11,12,14). The highest BCUT2D eigenvalue weighted by Crippen LogP contribution is 2.14. The predicted octanol–water partition coefficient (Wildman–Crippen LogP) is 1.67. The van der Waals surface area contributed by atoms with Gasteiger partial charge in [-0.3, -0.25) is 0 Å². The molecule has 0 unspecified atom stereocenters. The summed E-state index contributed by atoms with van der Waals surface area (Å²) in [5.41, 5.74) is 0.939. The van der Waals surface area contributed by atoms with Crippen LogP contribution in [0.1, 0.15) is 5.56 Å². The summed E-state index contributed by atoms with van der Waals surface area (Å²) in [7, 11) is 1.77. The van der Waals surface area contributed by atoms with Gasteiger partial charge >= 0.3 is 0 Å². The zero-order valence-electron chi connectivity index (χ0n) is 8.40. The van der Waals surface area contributed by atoms with E-state index >= 15 is 0 Å². The lowest BCUT2D eigenvalue weighted by atomic mass is 10.3. The first-order chi connectivity index (χ1) is 7.20. The Kier molecular flexibility index (Phi) is 2.55. The van der Waals surface area contributed by atoms with Gasteiger partial charge < -0.3 is 5.32 Å². The zero-order valence-corrected chi connectivity index (χ0v) is 9.15. The maximum Gasteiger partial charge on any atom is 0.224 e. The Morgan fingerprint density at radius 3 is 2.80 bits per heavy atom. The highest BCUT2D eigenvalue weighted by molar-refractivity contribution is 6.30. The molecule has 0 atom stereocenters. The summed E-state index contributed by atoms with van der Waals surface area (Å²) >= 11 is 5.79. The Morgan fingerprint density at radius 2 is 2.20 bits per heavy atom. The number of hydrogen-bond acceptors (Lipinski definition) is 4. The van der Waals surface area contributed by atoms with Crippen molar-refractivity contribution >= 4 is 17.5 Å². The average molecular weight is 224 g/mol. The molecule has 0 radical (unpaired) electrons. The number of nitrogens with zero attached hydrogens (tertiary/aromatic N) is 4. The van der Waals surface area contributed by atoms with Gasteiger partial charge in [-0.2, -0.15) is 10.1 Å². The van der Waals surface area contributed by atoms with E-state index in [0.717, 1.165) is 11.4 Å². The van der Waals surface area contributed by atoms with E-state index in [2.05, 4.69) is 20.4 Å². The highest BCUT2D eigenvalue weighted by atomic mass is 35.5. The fourth-order valence-electron chi connectivity index (χ4n) is 1.20. The quantitative estimate of drug-likeness (QED) is 0.842. The van der Waals surface area contributed by atoms with E-state index < -0.39 is 0 Å². The molecule has 0 bridgehead atoms. The van der Waals surface area contributed by atoms with Crippen molar-refractivity contribution in [1.82, 2.24) is 19.7 Å². The molecule has 2 rings (SSSR count). The molecule has 0 aromatic carbocycles. The first-order valence-corrected chi connectivity index (χ1v) is 4.80. The van der Waals surface area contributed by atoms with Gasteiger partial charge in [-0.1, -0.05) is 11.6 Å². The molecule has 0 aliphatic carbocycles. The molecule has 0 aliphatic heterocycles. The van der Waals surface area contributed by atoms with Crippen molar-refractivity contribution in [2.45, 2.75) is 6.92 Å². The maximum absolute atomic E-state index is 5.79. The Bertz CT molecular complexity index is 479. The van der Waals surface area contributed by atoms with Crippen molar-refractivity contribution < 1.29 is 0 Å². The predicted molar refractivity (Wildman–Crippen MR) is 58.4 cm³/mol. The molecule has 0 fully saturated rings. The van der Waals surface area contributed by atoms with Crippen molar-refractivity contribution in [3.8, 4) is 5.82 Å². The van der Waals surface area contributed by atoms with Gasteiger partial charge in [0.05, 0.1) is 17.4 Å². The van der Waals surface area contributed by atoms with Gasteiger partial charge in [-0.15, -0.1) is 0 Å². The van der Waals surface area contributed by atoms with Gasteiger partial charge in [0.2, 0.25) is 5.95 Å². The summed E-state index contributed by atoms with van der Waals surface area (Å²) in [6.07, 6.45) is 5.02. The monoisotopic (exact) mass is 223 g/mol. The van der Waals surface area contributed by atoms with Crippen molar-refractivity contribution in [2.75, 3.05) is 12.4 Å². The molecule has 2 heterocycles. The lowest BCUT2D eigenvalue weighted by molar-refractivity contribution is 0.831. The van der Waals surface area contributed by atoms with E-state index in [1.165, 1.54) is 0 Å². The number of nitrogens with one attached hydrogen (secondary N) is 1. The minimum atomic E-state index is 0.558. The third kappa shape index (κ3) is 1.92. The molecule has 6 heteroatoms. The lowest BCUT2D eigenvalue weighted by Gasteiger charge is -2.05. The fourth-order valence-corrected chi connectivity index (χ4v) is 1.34. The van der Waals surface area contributed by atoms with Crippen LogP contribution in [0.15, 0.2) is 18.6 Å². The maximum atomic E-state index is 5.79. The van der Waals surface area contributed by atoms with Gasteiger partial charge in [0, 0.05) is 18.8 Å². The van der Waals surface area contributed by atoms with Crippen LogP contribution in [-0.2, 0) is 0 Å². The molecule has 15 heavy (non-hydrogen) atoms. The number of rotatable bonds is 2. The fraction of sp³-hybridized carbons (Fsp3) is 0.222. The molecule has 0 spiro atoms. The SMILES string of the molecule is CNc1ncc(C)c(-n2cc(Cl)cn2)n1. The van der Waals surface area contributed by atoms with E-state index in [-0.39, 0.29) is 0 Å². The van der Waals surface area contributed by atoms with Crippen molar-refractivity contribution in [3.05, 3.63) is 29.2 Å². The minimum absolute atomic E-state index is 0.558. The van der Waals surface area contributed by atoms with Crippen molar-refractivity contribution in [2.24, 2.45) is 0 Å². The Balaban J connectivity index is 2.51. The molecule has 0 amide bonds. The first-order valence-electron chi connectivity index (χ1n) is 4.42. The topological polar surface area (TPSA) is 55.6 Å². The Labute approximate surface area is 92.1 Å².